The summed E-state index contributed by atoms with van der Waals surface area (Å²) in [6.45, 7) is 5.76. The predicted octanol–water partition coefficient (Wildman–Crippen LogP) is 2.15. The Bertz CT molecular complexity index is 780. The monoisotopic (exact) mass is 328 g/mol. The summed E-state index contributed by atoms with van der Waals surface area (Å²) in [5.74, 6) is 2.38. The summed E-state index contributed by atoms with van der Waals surface area (Å²) in [4.78, 5) is 24.4. The lowest BCUT2D eigenvalue weighted by molar-refractivity contribution is 0.637. The molecule has 5 nitrogen and oxygen atoms in total. The fourth-order valence-corrected chi connectivity index (χ4v) is 4.24. The third kappa shape index (κ3) is 2.83. The van der Waals surface area contributed by atoms with Gasteiger partial charge in [0.05, 0.1) is 5.69 Å². The van der Waals surface area contributed by atoms with E-state index in [0.717, 1.165) is 54.9 Å². The zero-order chi connectivity index (χ0) is 15.8. The van der Waals surface area contributed by atoms with Crippen molar-refractivity contribution in [2.75, 3.05) is 36.0 Å². The molecule has 0 amide bonds. The summed E-state index contributed by atoms with van der Waals surface area (Å²) in [7, 11) is 0. The van der Waals surface area contributed by atoms with Crippen LogP contribution in [0.15, 0.2) is 29.1 Å². The number of aryl methyl sites for hydroxylation is 1. The number of anilines is 2. The normalized spacial score (nSPS) is 17.4. The Balaban J connectivity index is 1.50. The molecule has 2 aliphatic heterocycles. The third-order valence-corrected chi connectivity index (χ3v) is 5.49. The van der Waals surface area contributed by atoms with E-state index in [0.29, 0.717) is 0 Å². The molecule has 2 aromatic rings. The fraction of sp³-hybridized carbons (Fsp3) is 0.412. The van der Waals surface area contributed by atoms with Crippen LogP contribution >= 0.6 is 11.8 Å². The first-order valence-corrected chi connectivity index (χ1v) is 9.12. The van der Waals surface area contributed by atoms with Gasteiger partial charge in [-0.2, -0.15) is 11.8 Å². The molecule has 2 aliphatic rings. The van der Waals surface area contributed by atoms with Crippen molar-refractivity contribution in [1.29, 1.82) is 0 Å². The summed E-state index contributed by atoms with van der Waals surface area (Å²) in [5.41, 5.74) is 4.42. The molecule has 0 saturated carbocycles. The van der Waals surface area contributed by atoms with Crippen molar-refractivity contribution >= 4 is 23.4 Å². The lowest BCUT2D eigenvalue weighted by Crippen LogP contribution is -2.47. The quantitative estimate of drug-likeness (QED) is 0.915. The minimum Gasteiger partial charge on any atom is -0.368 e. The van der Waals surface area contributed by atoms with Crippen LogP contribution in [0.3, 0.4) is 0 Å². The van der Waals surface area contributed by atoms with Gasteiger partial charge in [0, 0.05) is 48.9 Å². The Morgan fingerprint density at radius 1 is 1.13 bits per heavy atom. The van der Waals surface area contributed by atoms with Gasteiger partial charge >= 0.3 is 0 Å². The Kier molecular flexibility index (Phi) is 3.77. The number of piperazine rings is 1. The van der Waals surface area contributed by atoms with Gasteiger partial charge < -0.3 is 9.80 Å². The van der Waals surface area contributed by atoms with Gasteiger partial charge in [-0.15, -0.1) is 0 Å². The van der Waals surface area contributed by atoms with Crippen LogP contribution in [-0.2, 0) is 11.5 Å². The van der Waals surface area contributed by atoms with Crippen LogP contribution in [0.5, 0.6) is 0 Å². The molecule has 23 heavy (non-hydrogen) atoms. The van der Waals surface area contributed by atoms with E-state index in [1.54, 1.807) is 11.8 Å². The minimum atomic E-state index is 0.0381. The number of hydrogen-bond donors (Lipinski definition) is 1. The van der Waals surface area contributed by atoms with E-state index < -0.39 is 0 Å². The van der Waals surface area contributed by atoms with Gasteiger partial charge in [0.1, 0.15) is 0 Å². The van der Waals surface area contributed by atoms with E-state index in [-0.39, 0.29) is 5.56 Å². The van der Waals surface area contributed by atoms with E-state index in [9.17, 15) is 4.79 Å². The Labute approximate surface area is 139 Å². The lowest BCUT2D eigenvalue weighted by atomic mass is 10.2. The molecule has 3 heterocycles. The molecule has 0 aliphatic carbocycles. The van der Waals surface area contributed by atoms with E-state index in [1.165, 1.54) is 11.3 Å². The molecule has 0 bridgehead atoms. The second-order valence-electron chi connectivity index (χ2n) is 6.12. The topological polar surface area (TPSA) is 52.2 Å². The van der Waals surface area contributed by atoms with Gasteiger partial charge in [-0.1, -0.05) is 12.1 Å². The number of benzene rings is 1. The third-order valence-electron chi connectivity index (χ3n) is 4.52. The molecule has 1 fully saturated rings. The van der Waals surface area contributed by atoms with E-state index in [1.807, 2.05) is 0 Å². The SMILES string of the molecule is Cc1cccc(N2CCN(c3nc4c(c(=O)[nH]3)CSC4)CC2)c1. The smallest absolute Gasteiger partial charge is 0.256 e. The van der Waals surface area contributed by atoms with Crippen LogP contribution in [0.1, 0.15) is 16.8 Å². The van der Waals surface area contributed by atoms with Crippen molar-refractivity contribution in [3.63, 3.8) is 0 Å². The highest BCUT2D eigenvalue weighted by Crippen LogP contribution is 2.27. The highest BCUT2D eigenvalue weighted by atomic mass is 32.2. The summed E-state index contributed by atoms with van der Waals surface area (Å²) in [6.07, 6.45) is 0. The zero-order valence-corrected chi connectivity index (χ0v) is 14.0. The molecular weight excluding hydrogens is 308 g/mol. The van der Waals surface area contributed by atoms with Crippen LogP contribution in [-0.4, -0.2) is 36.1 Å². The molecule has 0 spiro atoms. The number of fused-ring (bicyclic) bond motifs is 1. The van der Waals surface area contributed by atoms with Gasteiger partial charge in [-0.05, 0) is 24.6 Å². The summed E-state index contributed by atoms with van der Waals surface area (Å²) in [6, 6.07) is 8.61. The number of thioether (sulfide) groups is 1. The number of H-pyrrole nitrogens is 1. The van der Waals surface area contributed by atoms with E-state index >= 15 is 0 Å². The van der Waals surface area contributed by atoms with Gasteiger partial charge in [-0.3, -0.25) is 9.78 Å². The van der Waals surface area contributed by atoms with Crippen molar-refractivity contribution < 1.29 is 0 Å². The van der Waals surface area contributed by atoms with Crippen LogP contribution in [0.25, 0.3) is 0 Å². The average molecular weight is 328 g/mol. The Hall–Kier alpha value is -1.95. The number of nitrogens with zero attached hydrogens (tertiary/aromatic N) is 3. The van der Waals surface area contributed by atoms with Crippen molar-refractivity contribution in [3.8, 4) is 0 Å². The Morgan fingerprint density at radius 2 is 1.91 bits per heavy atom. The molecule has 4 rings (SSSR count). The molecule has 120 valence electrons. The molecule has 0 atom stereocenters. The highest BCUT2D eigenvalue weighted by Gasteiger charge is 2.23. The number of aromatic nitrogens is 2. The maximum atomic E-state index is 12.2. The van der Waals surface area contributed by atoms with Gasteiger partial charge in [0.25, 0.3) is 5.56 Å². The molecular formula is C17H20N4OS. The molecule has 6 heteroatoms. The zero-order valence-electron chi connectivity index (χ0n) is 13.2. The van der Waals surface area contributed by atoms with Crippen molar-refractivity contribution in [1.82, 2.24) is 9.97 Å². The van der Waals surface area contributed by atoms with Crippen LogP contribution in [0.2, 0.25) is 0 Å². The molecule has 0 unspecified atom stereocenters. The average Bonchev–Trinajstić information content (AvgIpc) is 3.04. The van der Waals surface area contributed by atoms with Gasteiger partial charge in [0.15, 0.2) is 0 Å². The van der Waals surface area contributed by atoms with Crippen molar-refractivity contribution in [2.45, 2.75) is 18.4 Å². The molecule has 1 aromatic carbocycles. The first kappa shape index (κ1) is 14.6. The Morgan fingerprint density at radius 3 is 2.70 bits per heavy atom. The minimum absolute atomic E-state index is 0.0381. The van der Waals surface area contributed by atoms with Crippen LogP contribution < -0.4 is 15.4 Å². The first-order valence-electron chi connectivity index (χ1n) is 7.97. The summed E-state index contributed by atoms with van der Waals surface area (Å²) in [5, 5.41) is 0. The van der Waals surface area contributed by atoms with Crippen LogP contribution in [0, 0.1) is 6.92 Å². The maximum Gasteiger partial charge on any atom is 0.256 e. The predicted molar refractivity (Wildman–Crippen MR) is 95.5 cm³/mol. The molecule has 1 saturated heterocycles. The maximum absolute atomic E-state index is 12.2. The van der Waals surface area contributed by atoms with Gasteiger partial charge in [0.2, 0.25) is 5.95 Å². The largest absolute Gasteiger partial charge is 0.368 e. The van der Waals surface area contributed by atoms with Crippen LogP contribution in [0.4, 0.5) is 11.6 Å². The van der Waals surface area contributed by atoms with Crippen molar-refractivity contribution in [2.24, 2.45) is 0 Å². The number of aromatic amines is 1. The van der Waals surface area contributed by atoms with E-state index in [4.69, 9.17) is 0 Å². The fourth-order valence-electron chi connectivity index (χ4n) is 3.20. The highest BCUT2D eigenvalue weighted by molar-refractivity contribution is 7.98. The number of hydrogen-bond acceptors (Lipinski definition) is 5. The molecule has 0 radical (unpaired) electrons. The van der Waals surface area contributed by atoms with Crippen molar-refractivity contribution in [3.05, 3.63) is 51.4 Å². The number of nitrogens with one attached hydrogen (secondary N) is 1. The standard InChI is InChI=1S/C17H20N4OS/c1-12-3-2-4-13(9-12)20-5-7-21(8-6-20)17-18-15-11-23-10-14(15)16(22)19-17/h2-4,9H,5-8,10-11H2,1H3,(H,18,19,22). The van der Waals surface area contributed by atoms with Gasteiger partial charge in [-0.25, -0.2) is 4.98 Å². The number of rotatable bonds is 2. The second-order valence-corrected chi connectivity index (χ2v) is 7.11. The first-order chi connectivity index (χ1) is 11.2. The van der Waals surface area contributed by atoms with E-state index in [2.05, 4.69) is 51.0 Å². The summed E-state index contributed by atoms with van der Waals surface area (Å²) >= 11 is 1.76. The summed E-state index contributed by atoms with van der Waals surface area (Å²) < 4.78 is 0. The lowest BCUT2D eigenvalue weighted by Gasteiger charge is -2.36. The molecule has 1 aromatic heterocycles. The second kappa shape index (κ2) is 5.92. The molecule has 1 N–H and O–H groups in total.